The highest BCUT2D eigenvalue weighted by Gasteiger charge is 2.67. The second-order valence-corrected chi connectivity index (χ2v) is 13.8. The van der Waals surface area contributed by atoms with Crippen LogP contribution in [0.5, 0.6) is 0 Å². The van der Waals surface area contributed by atoms with Gasteiger partial charge in [0.1, 0.15) is 21.4 Å². The molecule has 4 rings (SSSR count). The van der Waals surface area contributed by atoms with Crippen LogP contribution in [0.4, 0.5) is 30.6 Å². The number of anilines is 3. The van der Waals surface area contributed by atoms with Gasteiger partial charge in [-0.1, -0.05) is 40.9 Å². The predicted molar refractivity (Wildman–Crippen MR) is 171 cm³/mol. The van der Waals surface area contributed by atoms with Crippen LogP contribution in [0.1, 0.15) is 42.6 Å². The lowest BCUT2D eigenvalue weighted by molar-refractivity contribution is -0.117. The van der Waals surface area contributed by atoms with E-state index in [0.717, 1.165) is 24.1 Å². The van der Waals surface area contributed by atoms with Gasteiger partial charge in [-0.25, -0.2) is 13.6 Å². The molecular formula is C30H26Cl5F2N3O4. The summed E-state index contributed by atoms with van der Waals surface area (Å²) in [5, 5.41) is 3.30. The highest BCUT2D eigenvalue weighted by molar-refractivity contribution is 6.53. The smallest absolute Gasteiger partial charge is 0.414 e. The van der Waals surface area contributed by atoms with Gasteiger partial charge in [0.2, 0.25) is 5.91 Å². The number of hydrogen-bond acceptors (Lipinski definition) is 4. The molecule has 14 heteroatoms. The molecule has 1 fully saturated rings. The SMILES string of the molecule is CN(C(=O)c1cc(NC(=O)[C@H]2[C@H](c3ccc(Cl)c(Cl)c3)C2(Cl)Cl)ccc1Cl)c1ccc(F)c(N(C)C(=O)OC(C)(C)C)c1F. The third kappa shape index (κ3) is 6.87. The molecule has 7 nitrogen and oxygen atoms in total. The first kappa shape index (κ1) is 34.1. The minimum atomic E-state index is -1.42. The minimum Gasteiger partial charge on any atom is -0.443 e. The Hall–Kier alpha value is -2.82. The number of hydrogen-bond donors (Lipinski definition) is 1. The number of carbonyl (C=O) groups is 3. The molecule has 1 saturated carbocycles. The number of nitrogens with one attached hydrogen (secondary N) is 1. The number of nitrogens with zero attached hydrogens (tertiary/aromatic N) is 2. The summed E-state index contributed by atoms with van der Waals surface area (Å²) >= 11 is 31.3. The van der Waals surface area contributed by atoms with Crippen molar-refractivity contribution in [3.05, 3.63) is 86.4 Å². The molecule has 0 aliphatic heterocycles. The van der Waals surface area contributed by atoms with Crippen molar-refractivity contribution in [1.82, 2.24) is 0 Å². The number of benzene rings is 3. The third-order valence-electron chi connectivity index (χ3n) is 6.82. The topological polar surface area (TPSA) is 79.0 Å². The van der Waals surface area contributed by atoms with Crippen LogP contribution in [0.25, 0.3) is 0 Å². The molecule has 3 amide bonds. The Kier molecular flexibility index (Phi) is 9.69. The molecule has 44 heavy (non-hydrogen) atoms. The lowest BCUT2D eigenvalue weighted by Crippen LogP contribution is -2.35. The summed E-state index contributed by atoms with van der Waals surface area (Å²) < 4.78 is 34.1. The number of carbonyl (C=O) groups excluding carboxylic acids is 3. The van der Waals surface area contributed by atoms with E-state index in [0.29, 0.717) is 15.5 Å². The van der Waals surface area contributed by atoms with Gasteiger partial charge in [-0.15, -0.1) is 23.2 Å². The van der Waals surface area contributed by atoms with Crippen LogP contribution in [0, 0.1) is 17.6 Å². The quantitative estimate of drug-likeness (QED) is 0.260. The number of halogens is 7. The zero-order valence-corrected chi connectivity index (χ0v) is 27.7. The first-order valence-electron chi connectivity index (χ1n) is 13.0. The van der Waals surface area contributed by atoms with Crippen molar-refractivity contribution in [2.75, 3.05) is 29.2 Å². The van der Waals surface area contributed by atoms with Crippen LogP contribution in [0.2, 0.25) is 15.1 Å². The zero-order chi connectivity index (χ0) is 32.9. The van der Waals surface area contributed by atoms with Crippen LogP contribution in [-0.2, 0) is 9.53 Å². The van der Waals surface area contributed by atoms with Gasteiger partial charge in [-0.3, -0.25) is 14.5 Å². The Balaban J connectivity index is 1.56. The van der Waals surface area contributed by atoms with Crippen molar-refractivity contribution in [2.24, 2.45) is 5.92 Å². The standard InChI is InChI=1S/C30H26Cl5F2N3O4/c1-29(2,3)44-28(43)40(5)25-20(36)10-11-21(24(25)37)39(4)27(42)16-13-15(7-9-17(16)31)38-26(41)23-22(30(23,34)35)14-6-8-18(32)19(33)12-14/h6-13,22-23H,1-5H3,(H,38,41)/t22-,23+/m0/s1. The first-order valence-corrected chi connectivity index (χ1v) is 14.9. The number of rotatable bonds is 6. The first-order chi connectivity index (χ1) is 20.3. The molecular weight excluding hydrogens is 682 g/mol. The Morgan fingerprint density at radius 1 is 0.886 bits per heavy atom. The summed E-state index contributed by atoms with van der Waals surface area (Å²) in [5.74, 6) is -4.97. The average Bonchev–Trinajstić information content (AvgIpc) is 3.51. The summed E-state index contributed by atoms with van der Waals surface area (Å²) in [6.07, 6.45) is -0.997. The fourth-order valence-corrected chi connectivity index (χ4v) is 5.90. The molecule has 1 aliphatic carbocycles. The molecule has 2 atom stereocenters. The highest BCUT2D eigenvalue weighted by Crippen LogP contribution is 2.65. The minimum absolute atomic E-state index is 0.00222. The number of alkyl halides is 2. The fraction of sp³-hybridized carbons (Fsp3) is 0.300. The van der Waals surface area contributed by atoms with Crippen LogP contribution in [0.15, 0.2) is 48.5 Å². The Morgan fingerprint density at radius 3 is 2.14 bits per heavy atom. The molecule has 1 aliphatic rings. The van der Waals surface area contributed by atoms with Crippen molar-refractivity contribution in [1.29, 1.82) is 0 Å². The maximum absolute atomic E-state index is 15.6. The van der Waals surface area contributed by atoms with Crippen molar-refractivity contribution in [3.8, 4) is 0 Å². The van der Waals surface area contributed by atoms with E-state index >= 15 is 4.39 Å². The van der Waals surface area contributed by atoms with Gasteiger partial charge in [0.15, 0.2) is 5.82 Å². The molecule has 0 saturated heterocycles. The molecule has 1 N–H and O–H groups in total. The van der Waals surface area contributed by atoms with E-state index < -0.39 is 57.0 Å². The lowest BCUT2D eigenvalue weighted by Gasteiger charge is -2.26. The summed E-state index contributed by atoms with van der Waals surface area (Å²) in [4.78, 5) is 40.7. The van der Waals surface area contributed by atoms with Crippen LogP contribution in [0.3, 0.4) is 0 Å². The van der Waals surface area contributed by atoms with Gasteiger partial charge >= 0.3 is 6.09 Å². The van der Waals surface area contributed by atoms with E-state index in [2.05, 4.69) is 5.32 Å². The van der Waals surface area contributed by atoms with Crippen LogP contribution in [-0.4, -0.2) is 41.9 Å². The van der Waals surface area contributed by atoms with E-state index in [4.69, 9.17) is 62.7 Å². The zero-order valence-electron chi connectivity index (χ0n) is 23.9. The number of ether oxygens (including phenoxy) is 1. The van der Waals surface area contributed by atoms with Gasteiger partial charge in [0.25, 0.3) is 5.91 Å². The maximum Gasteiger partial charge on any atom is 0.414 e. The molecule has 3 aromatic carbocycles. The lowest BCUT2D eigenvalue weighted by atomic mass is 10.1. The van der Waals surface area contributed by atoms with E-state index in [9.17, 15) is 18.8 Å². The molecule has 0 bridgehead atoms. The summed E-state index contributed by atoms with van der Waals surface area (Å²) in [6.45, 7) is 4.82. The monoisotopic (exact) mass is 705 g/mol. The van der Waals surface area contributed by atoms with Crippen LogP contribution >= 0.6 is 58.0 Å². The summed E-state index contributed by atoms with van der Waals surface area (Å²) in [7, 11) is 2.39. The van der Waals surface area contributed by atoms with Gasteiger partial charge in [-0.05, 0) is 68.8 Å². The number of amides is 3. The fourth-order valence-electron chi connectivity index (χ4n) is 4.57. The van der Waals surface area contributed by atoms with Crippen molar-refractivity contribution in [3.63, 3.8) is 0 Å². The van der Waals surface area contributed by atoms with Gasteiger partial charge in [-0.2, -0.15) is 0 Å². The Bertz CT molecular complexity index is 1660. The van der Waals surface area contributed by atoms with E-state index in [-0.39, 0.29) is 27.0 Å². The largest absolute Gasteiger partial charge is 0.443 e. The third-order valence-corrected chi connectivity index (χ3v) is 8.83. The van der Waals surface area contributed by atoms with E-state index in [1.165, 1.54) is 25.2 Å². The second kappa shape index (κ2) is 12.5. The van der Waals surface area contributed by atoms with Crippen LogP contribution < -0.4 is 15.1 Å². The van der Waals surface area contributed by atoms with Crippen molar-refractivity contribution >= 4 is 93.0 Å². The Labute approximate surface area is 277 Å². The molecule has 0 heterocycles. The molecule has 0 aromatic heterocycles. The van der Waals surface area contributed by atoms with Gasteiger partial charge in [0, 0.05) is 25.7 Å². The average molecular weight is 708 g/mol. The molecule has 3 aromatic rings. The molecule has 234 valence electrons. The van der Waals surface area contributed by atoms with E-state index in [1.807, 2.05) is 0 Å². The van der Waals surface area contributed by atoms with Crippen molar-refractivity contribution < 1.29 is 27.9 Å². The Morgan fingerprint density at radius 2 is 1.52 bits per heavy atom. The molecule has 0 radical (unpaired) electrons. The predicted octanol–water partition coefficient (Wildman–Crippen LogP) is 9.10. The van der Waals surface area contributed by atoms with E-state index in [1.54, 1.807) is 39.0 Å². The summed E-state index contributed by atoms with van der Waals surface area (Å²) in [5.41, 5.74) is -1.27. The second-order valence-electron chi connectivity index (χ2n) is 11.1. The van der Waals surface area contributed by atoms with Gasteiger partial charge in [0.05, 0.1) is 32.2 Å². The maximum atomic E-state index is 15.6. The van der Waals surface area contributed by atoms with Gasteiger partial charge < -0.3 is 15.0 Å². The normalized spacial score (nSPS) is 17.1. The highest BCUT2D eigenvalue weighted by atomic mass is 35.5. The molecule has 0 spiro atoms. The van der Waals surface area contributed by atoms with Crippen molar-refractivity contribution in [2.45, 2.75) is 36.6 Å². The molecule has 0 unspecified atom stereocenters. The summed E-state index contributed by atoms with van der Waals surface area (Å²) in [6, 6.07) is 10.9.